The molecule has 0 fully saturated rings. The Labute approximate surface area is 204 Å². The van der Waals surface area contributed by atoms with Crippen LogP contribution in [-0.4, -0.2) is 12.3 Å². The standard InChI is InChI=1S/C26H26F7NS/c1-16(18-13-9-11-17-10-5-6-12-19(17)18)34-14-7-3-2-4-8-15-35-25-23(29)21(27)20(26(31,32)33)22(28)24(25)30/h5-6,9-13,16,34H,2-4,7-8,14-15H2,1H3/t16-/m1/s1. The van der Waals surface area contributed by atoms with Crippen LogP contribution < -0.4 is 5.32 Å². The SMILES string of the molecule is C[C@@H](NCCCCCCCSc1c(F)c(F)c(C(F)(F)F)c(F)c1F)c1cccc2ccccc12. The van der Waals surface area contributed by atoms with Crippen LogP contribution >= 0.6 is 11.8 Å². The highest BCUT2D eigenvalue weighted by atomic mass is 32.2. The molecule has 9 heteroatoms. The van der Waals surface area contributed by atoms with Gasteiger partial charge in [-0.3, -0.25) is 0 Å². The predicted octanol–water partition coefficient (Wildman–Crippen LogP) is 8.81. The van der Waals surface area contributed by atoms with E-state index in [4.69, 9.17) is 0 Å². The van der Waals surface area contributed by atoms with Gasteiger partial charge in [-0.15, -0.1) is 11.8 Å². The Bertz CT molecular complexity index is 1110. The normalized spacial score (nSPS) is 12.9. The maximum absolute atomic E-state index is 13.9. The molecule has 0 radical (unpaired) electrons. The molecule has 3 rings (SSSR count). The third-order valence-corrected chi connectivity index (χ3v) is 6.95. The van der Waals surface area contributed by atoms with Crippen LogP contribution in [-0.2, 0) is 6.18 Å². The first-order valence-corrected chi connectivity index (χ1v) is 12.4. The highest BCUT2D eigenvalue weighted by Gasteiger charge is 2.42. The summed E-state index contributed by atoms with van der Waals surface area (Å²) < 4.78 is 93.1. The van der Waals surface area contributed by atoms with Crippen molar-refractivity contribution in [2.75, 3.05) is 12.3 Å². The zero-order chi connectivity index (χ0) is 25.6. The molecule has 0 spiro atoms. The summed E-state index contributed by atoms with van der Waals surface area (Å²) in [6, 6.07) is 14.6. The minimum absolute atomic E-state index is 0.133. The van der Waals surface area contributed by atoms with Crippen LogP contribution in [0.25, 0.3) is 10.8 Å². The van der Waals surface area contributed by atoms with Gasteiger partial charge in [-0.1, -0.05) is 61.7 Å². The fourth-order valence-corrected chi connectivity index (χ4v) is 4.96. The fourth-order valence-electron chi connectivity index (χ4n) is 3.98. The van der Waals surface area contributed by atoms with Crippen LogP contribution in [0, 0.1) is 23.3 Å². The summed E-state index contributed by atoms with van der Waals surface area (Å²) in [5.41, 5.74) is -1.31. The van der Waals surface area contributed by atoms with Gasteiger partial charge in [-0.2, -0.15) is 13.2 Å². The van der Waals surface area contributed by atoms with E-state index in [-0.39, 0.29) is 11.8 Å². The summed E-state index contributed by atoms with van der Waals surface area (Å²) in [6.45, 7) is 2.93. The molecule has 190 valence electrons. The number of unbranched alkanes of at least 4 members (excludes halogenated alkanes) is 4. The monoisotopic (exact) mass is 517 g/mol. The van der Waals surface area contributed by atoms with E-state index in [2.05, 4.69) is 36.5 Å². The molecule has 0 heterocycles. The average molecular weight is 518 g/mol. The van der Waals surface area contributed by atoms with Crippen LogP contribution in [0.3, 0.4) is 0 Å². The number of nitrogens with one attached hydrogen (secondary N) is 1. The minimum Gasteiger partial charge on any atom is -0.310 e. The number of fused-ring (bicyclic) bond motifs is 1. The van der Waals surface area contributed by atoms with Crippen molar-refractivity contribution in [3.63, 3.8) is 0 Å². The molecule has 0 aliphatic carbocycles. The second kappa shape index (κ2) is 12.1. The molecule has 3 aromatic rings. The lowest BCUT2D eigenvalue weighted by atomic mass is 9.99. The first kappa shape index (κ1) is 27.3. The summed E-state index contributed by atoms with van der Waals surface area (Å²) in [4.78, 5) is -1.06. The molecule has 3 aromatic carbocycles. The Morgan fingerprint density at radius 1 is 0.771 bits per heavy atom. The molecule has 0 bridgehead atoms. The van der Waals surface area contributed by atoms with E-state index in [9.17, 15) is 30.7 Å². The Morgan fingerprint density at radius 2 is 1.37 bits per heavy atom. The smallest absolute Gasteiger partial charge is 0.310 e. The zero-order valence-electron chi connectivity index (χ0n) is 19.1. The van der Waals surface area contributed by atoms with Gasteiger partial charge in [0.2, 0.25) is 0 Å². The van der Waals surface area contributed by atoms with Crippen molar-refractivity contribution < 1.29 is 30.7 Å². The third-order valence-electron chi connectivity index (χ3n) is 5.81. The number of hydrogen-bond donors (Lipinski definition) is 1. The molecule has 35 heavy (non-hydrogen) atoms. The van der Waals surface area contributed by atoms with Crippen molar-refractivity contribution >= 4 is 22.5 Å². The summed E-state index contributed by atoms with van der Waals surface area (Å²) in [7, 11) is 0. The number of rotatable bonds is 11. The second-order valence-electron chi connectivity index (χ2n) is 8.32. The fraction of sp³-hybridized carbons (Fsp3) is 0.385. The van der Waals surface area contributed by atoms with Crippen molar-refractivity contribution in [3.8, 4) is 0 Å². The van der Waals surface area contributed by atoms with Gasteiger partial charge in [-0.25, -0.2) is 17.6 Å². The largest absolute Gasteiger partial charge is 0.422 e. The van der Waals surface area contributed by atoms with Crippen molar-refractivity contribution in [2.45, 2.75) is 56.1 Å². The van der Waals surface area contributed by atoms with E-state index in [1.54, 1.807) is 0 Å². The number of thioether (sulfide) groups is 1. The molecule has 1 atom stereocenters. The molecule has 1 N–H and O–H groups in total. The molecule has 0 amide bonds. The van der Waals surface area contributed by atoms with Gasteiger partial charge >= 0.3 is 6.18 Å². The highest BCUT2D eigenvalue weighted by Crippen LogP contribution is 2.39. The summed E-state index contributed by atoms with van der Waals surface area (Å²) in [6.07, 6.45) is -1.59. The Balaban J connectivity index is 1.38. The summed E-state index contributed by atoms with van der Waals surface area (Å²) in [5.74, 6) is -8.71. The van der Waals surface area contributed by atoms with Crippen LogP contribution in [0.2, 0.25) is 0 Å². The second-order valence-corrected chi connectivity index (χ2v) is 9.42. The van der Waals surface area contributed by atoms with Crippen LogP contribution in [0.1, 0.15) is 56.2 Å². The number of alkyl halides is 3. The highest BCUT2D eigenvalue weighted by molar-refractivity contribution is 7.99. The van der Waals surface area contributed by atoms with Gasteiger partial charge in [0, 0.05) is 6.04 Å². The van der Waals surface area contributed by atoms with Crippen LogP contribution in [0.15, 0.2) is 47.4 Å². The first-order chi connectivity index (χ1) is 16.6. The molecule has 0 aromatic heterocycles. The van der Waals surface area contributed by atoms with Crippen molar-refractivity contribution in [2.24, 2.45) is 0 Å². The van der Waals surface area contributed by atoms with E-state index >= 15 is 0 Å². The number of halogens is 7. The quantitative estimate of drug-likeness (QED) is 0.118. The average Bonchev–Trinajstić information content (AvgIpc) is 2.82. The van der Waals surface area contributed by atoms with Gasteiger partial charge < -0.3 is 5.32 Å². The van der Waals surface area contributed by atoms with Gasteiger partial charge in [-0.05, 0) is 48.4 Å². The van der Waals surface area contributed by atoms with E-state index < -0.39 is 39.9 Å². The number of hydrogen-bond acceptors (Lipinski definition) is 2. The van der Waals surface area contributed by atoms with Crippen molar-refractivity contribution in [1.82, 2.24) is 5.32 Å². The minimum atomic E-state index is -5.53. The Hall–Kier alpha value is -2.26. The molecule has 0 aliphatic rings. The topological polar surface area (TPSA) is 12.0 Å². The molecule has 0 aliphatic heterocycles. The summed E-state index contributed by atoms with van der Waals surface area (Å²) >= 11 is 0.482. The van der Waals surface area contributed by atoms with Crippen LogP contribution in [0.5, 0.6) is 0 Å². The molecule has 1 nitrogen and oxygen atoms in total. The van der Waals surface area contributed by atoms with Crippen molar-refractivity contribution in [3.05, 3.63) is 76.9 Å². The van der Waals surface area contributed by atoms with E-state index in [0.717, 1.165) is 32.2 Å². The van der Waals surface area contributed by atoms with Crippen molar-refractivity contribution in [1.29, 1.82) is 0 Å². The third kappa shape index (κ3) is 6.70. The lowest BCUT2D eigenvalue weighted by Gasteiger charge is -2.16. The van der Waals surface area contributed by atoms with Gasteiger partial charge in [0.05, 0.1) is 4.90 Å². The maximum Gasteiger partial charge on any atom is 0.422 e. The molecule has 0 unspecified atom stereocenters. The van der Waals surface area contributed by atoms with Gasteiger partial charge in [0.15, 0.2) is 23.3 Å². The first-order valence-electron chi connectivity index (χ1n) is 11.4. The van der Waals surface area contributed by atoms with Gasteiger partial charge in [0.25, 0.3) is 0 Å². The maximum atomic E-state index is 13.9. The molecule has 0 saturated heterocycles. The predicted molar refractivity (Wildman–Crippen MR) is 125 cm³/mol. The lowest BCUT2D eigenvalue weighted by Crippen LogP contribution is -2.20. The van der Waals surface area contributed by atoms with Crippen LogP contribution in [0.4, 0.5) is 30.7 Å². The summed E-state index contributed by atoms with van der Waals surface area (Å²) in [5, 5.41) is 5.92. The Kier molecular flexibility index (Phi) is 9.47. The zero-order valence-corrected chi connectivity index (χ0v) is 19.9. The van der Waals surface area contributed by atoms with E-state index in [0.29, 0.717) is 18.2 Å². The molecule has 0 saturated carbocycles. The van der Waals surface area contributed by atoms with E-state index in [1.807, 2.05) is 18.2 Å². The van der Waals surface area contributed by atoms with E-state index in [1.165, 1.54) is 16.3 Å². The Morgan fingerprint density at radius 3 is 2.06 bits per heavy atom. The molecular weight excluding hydrogens is 491 g/mol. The van der Waals surface area contributed by atoms with Gasteiger partial charge in [0.1, 0.15) is 5.56 Å². The molecular formula is C26H26F7NS. The lowest BCUT2D eigenvalue weighted by molar-refractivity contribution is -0.143. The number of benzene rings is 3.